The number of imidazole rings is 1. The summed E-state index contributed by atoms with van der Waals surface area (Å²) < 4.78 is 2.00. The number of fused-ring (bicyclic) bond motifs is 1. The minimum Gasteiger partial charge on any atom is -0.380 e. The Morgan fingerprint density at radius 3 is 2.94 bits per heavy atom. The Hall–Kier alpha value is -1.84. The average molecular weight is 230 g/mol. The van der Waals surface area contributed by atoms with E-state index >= 15 is 0 Å². The van der Waals surface area contributed by atoms with Gasteiger partial charge in [0.05, 0.1) is 5.69 Å². The van der Waals surface area contributed by atoms with Crippen molar-refractivity contribution in [3.63, 3.8) is 0 Å². The van der Waals surface area contributed by atoms with Crippen LogP contribution in [0, 0.1) is 6.92 Å². The molecule has 0 spiro atoms. The highest BCUT2D eigenvalue weighted by Crippen LogP contribution is 2.20. The van der Waals surface area contributed by atoms with Gasteiger partial charge in [-0.2, -0.15) is 0 Å². The molecule has 2 aromatic rings. The van der Waals surface area contributed by atoms with Crippen molar-refractivity contribution in [2.24, 2.45) is 7.05 Å². The maximum absolute atomic E-state index is 4.53. The van der Waals surface area contributed by atoms with Crippen LogP contribution in [0.15, 0.2) is 23.9 Å². The van der Waals surface area contributed by atoms with Gasteiger partial charge >= 0.3 is 0 Å². The molecule has 0 saturated carbocycles. The number of anilines is 1. The molecule has 0 atom stereocenters. The summed E-state index contributed by atoms with van der Waals surface area (Å²) in [6.07, 6.45) is 3.97. The van der Waals surface area contributed by atoms with E-state index in [2.05, 4.69) is 35.2 Å². The van der Waals surface area contributed by atoms with Gasteiger partial charge in [0.1, 0.15) is 11.3 Å². The normalized spacial score (nSPS) is 10.6. The number of hydrogen-bond donors (Lipinski definition) is 1. The predicted octanol–water partition coefficient (Wildman–Crippen LogP) is 2.65. The van der Waals surface area contributed by atoms with Crippen molar-refractivity contribution >= 4 is 16.9 Å². The monoisotopic (exact) mass is 230 g/mol. The summed E-state index contributed by atoms with van der Waals surface area (Å²) in [5.41, 5.74) is 4.20. The third kappa shape index (κ3) is 2.30. The Balaban J connectivity index is 2.34. The molecule has 0 amide bonds. The zero-order valence-electron chi connectivity index (χ0n) is 10.8. The third-order valence-electron chi connectivity index (χ3n) is 2.78. The van der Waals surface area contributed by atoms with Crippen LogP contribution in [-0.2, 0) is 7.05 Å². The van der Waals surface area contributed by atoms with Crippen molar-refractivity contribution in [2.45, 2.75) is 20.8 Å². The highest BCUT2D eigenvalue weighted by atomic mass is 15.1. The number of nitrogens with one attached hydrogen (secondary N) is 1. The van der Waals surface area contributed by atoms with Crippen LogP contribution in [0.25, 0.3) is 11.2 Å². The number of allylic oxidation sites excluding steroid dienone is 1. The summed E-state index contributed by atoms with van der Waals surface area (Å²) in [5.74, 6) is 0.976. The Morgan fingerprint density at radius 2 is 2.24 bits per heavy atom. The molecule has 4 nitrogen and oxygen atoms in total. The fourth-order valence-electron chi connectivity index (χ4n) is 1.70. The standard InChI is InChI=1S/C13H18N4/c1-9(2)5-7-14-11-6-8-15-13-12(11)16-10(3)17(13)4/h5-6,8H,7H2,1-4H3,(H,14,15). The Bertz CT molecular complexity index is 562. The van der Waals surface area contributed by atoms with Crippen LogP contribution in [0.2, 0.25) is 0 Å². The number of hydrogen-bond acceptors (Lipinski definition) is 3. The van der Waals surface area contributed by atoms with Gasteiger partial charge in [0.15, 0.2) is 5.65 Å². The summed E-state index contributed by atoms with van der Waals surface area (Å²) in [6.45, 7) is 6.99. The topological polar surface area (TPSA) is 42.7 Å². The molecule has 0 aliphatic heterocycles. The van der Waals surface area contributed by atoms with Gasteiger partial charge in [-0.1, -0.05) is 11.6 Å². The van der Waals surface area contributed by atoms with Crippen LogP contribution in [0.3, 0.4) is 0 Å². The van der Waals surface area contributed by atoms with E-state index in [-0.39, 0.29) is 0 Å². The molecular weight excluding hydrogens is 212 g/mol. The van der Waals surface area contributed by atoms with E-state index in [0.717, 1.165) is 29.2 Å². The fraction of sp³-hybridized carbons (Fsp3) is 0.385. The quantitative estimate of drug-likeness (QED) is 0.824. The summed E-state index contributed by atoms with van der Waals surface area (Å²) in [7, 11) is 1.98. The number of aromatic nitrogens is 3. The van der Waals surface area contributed by atoms with Crippen LogP contribution >= 0.6 is 0 Å². The first-order valence-corrected chi connectivity index (χ1v) is 5.75. The minimum atomic E-state index is 0.817. The third-order valence-corrected chi connectivity index (χ3v) is 2.78. The van der Waals surface area contributed by atoms with Gasteiger partial charge in [-0.05, 0) is 26.8 Å². The maximum atomic E-state index is 4.53. The zero-order valence-corrected chi connectivity index (χ0v) is 10.8. The largest absolute Gasteiger partial charge is 0.380 e. The van der Waals surface area contributed by atoms with Gasteiger partial charge in [-0.25, -0.2) is 9.97 Å². The smallest absolute Gasteiger partial charge is 0.161 e. The molecule has 0 aromatic carbocycles. The molecule has 0 aliphatic rings. The predicted molar refractivity (Wildman–Crippen MR) is 71.2 cm³/mol. The number of nitrogens with zero attached hydrogens (tertiary/aromatic N) is 3. The molecule has 0 saturated heterocycles. The summed E-state index contributed by atoms with van der Waals surface area (Å²) in [5, 5.41) is 3.37. The first-order chi connectivity index (χ1) is 8.09. The van der Waals surface area contributed by atoms with Gasteiger partial charge in [-0.15, -0.1) is 0 Å². The van der Waals surface area contributed by atoms with E-state index in [0.29, 0.717) is 0 Å². The Kier molecular flexibility index (Phi) is 3.13. The second-order valence-electron chi connectivity index (χ2n) is 4.41. The molecule has 17 heavy (non-hydrogen) atoms. The minimum absolute atomic E-state index is 0.817. The molecule has 0 radical (unpaired) electrons. The molecule has 90 valence electrons. The van der Waals surface area contributed by atoms with Crippen LogP contribution in [0.4, 0.5) is 5.69 Å². The van der Waals surface area contributed by atoms with Gasteiger partial charge in [-0.3, -0.25) is 0 Å². The molecule has 0 unspecified atom stereocenters. The molecule has 0 fully saturated rings. The molecule has 2 aromatic heterocycles. The molecule has 4 heteroatoms. The fourth-order valence-corrected chi connectivity index (χ4v) is 1.70. The lowest BCUT2D eigenvalue weighted by atomic mass is 10.3. The van der Waals surface area contributed by atoms with E-state index in [1.165, 1.54) is 5.57 Å². The van der Waals surface area contributed by atoms with Gasteiger partial charge in [0, 0.05) is 19.8 Å². The van der Waals surface area contributed by atoms with E-state index in [1.807, 2.05) is 30.8 Å². The Labute approximate surface area is 101 Å². The van der Waals surface area contributed by atoms with Crippen LogP contribution in [0.1, 0.15) is 19.7 Å². The zero-order chi connectivity index (χ0) is 12.4. The van der Waals surface area contributed by atoms with Crippen LogP contribution in [-0.4, -0.2) is 21.1 Å². The molecule has 0 aliphatic carbocycles. The van der Waals surface area contributed by atoms with Crippen molar-refractivity contribution in [3.05, 3.63) is 29.7 Å². The SMILES string of the molecule is CC(C)=CCNc1ccnc2c1nc(C)n2C. The van der Waals surface area contributed by atoms with E-state index < -0.39 is 0 Å². The number of aryl methyl sites for hydroxylation is 2. The van der Waals surface area contributed by atoms with Crippen molar-refractivity contribution in [3.8, 4) is 0 Å². The second-order valence-corrected chi connectivity index (χ2v) is 4.41. The van der Waals surface area contributed by atoms with E-state index in [9.17, 15) is 0 Å². The average Bonchev–Trinajstić information content (AvgIpc) is 2.56. The highest BCUT2D eigenvalue weighted by molar-refractivity contribution is 5.85. The molecule has 2 rings (SSSR count). The van der Waals surface area contributed by atoms with Gasteiger partial charge < -0.3 is 9.88 Å². The first-order valence-electron chi connectivity index (χ1n) is 5.75. The molecular formula is C13H18N4. The summed E-state index contributed by atoms with van der Waals surface area (Å²) in [6, 6.07) is 1.97. The summed E-state index contributed by atoms with van der Waals surface area (Å²) in [4.78, 5) is 8.88. The molecule has 2 heterocycles. The number of rotatable bonds is 3. The van der Waals surface area contributed by atoms with Crippen LogP contribution < -0.4 is 5.32 Å². The maximum Gasteiger partial charge on any atom is 0.161 e. The van der Waals surface area contributed by atoms with E-state index in [4.69, 9.17) is 0 Å². The van der Waals surface area contributed by atoms with Gasteiger partial charge in [0.25, 0.3) is 0 Å². The van der Waals surface area contributed by atoms with Crippen molar-refractivity contribution in [2.75, 3.05) is 11.9 Å². The molecule has 1 N–H and O–H groups in total. The lowest BCUT2D eigenvalue weighted by Gasteiger charge is -2.04. The van der Waals surface area contributed by atoms with E-state index in [1.54, 1.807) is 0 Å². The van der Waals surface area contributed by atoms with Crippen molar-refractivity contribution in [1.29, 1.82) is 0 Å². The highest BCUT2D eigenvalue weighted by Gasteiger charge is 2.08. The number of pyridine rings is 1. The van der Waals surface area contributed by atoms with Gasteiger partial charge in [0.2, 0.25) is 0 Å². The summed E-state index contributed by atoms with van der Waals surface area (Å²) >= 11 is 0. The second kappa shape index (κ2) is 4.57. The van der Waals surface area contributed by atoms with Crippen molar-refractivity contribution in [1.82, 2.24) is 14.5 Å². The lowest BCUT2D eigenvalue weighted by Crippen LogP contribution is -2.00. The van der Waals surface area contributed by atoms with Crippen molar-refractivity contribution < 1.29 is 0 Å². The first kappa shape index (κ1) is 11.6. The lowest BCUT2D eigenvalue weighted by molar-refractivity contribution is 0.874. The van der Waals surface area contributed by atoms with Crippen LogP contribution in [0.5, 0.6) is 0 Å². The molecule has 0 bridgehead atoms. The Morgan fingerprint density at radius 1 is 1.47 bits per heavy atom.